The standard InChI is InChI=1S/C7H8BF3/c1-3-5(9)2-4(8)7(11)6(3)10/h2-3,5H,8H2,1H3. The molecule has 0 aromatic carbocycles. The van der Waals surface area contributed by atoms with Gasteiger partial charge in [-0.2, -0.15) is 0 Å². The van der Waals surface area contributed by atoms with Crippen molar-refractivity contribution in [1.29, 1.82) is 0 Å². The first-order valence-corrected chi connectivity index (χ1v) is 3.42. The van der Waals surface area contributed by atoms with Crippen molar-refractivity contribution in [1.82, 2.24) is 0 Å². The number of allylic oxidation sites excluding steroid dienone is 4. The maximum absolute atomic E-state index is 12.7. The highest BCUT2D eigenvalue weighted by Crippen LogP contribution is 2.31. The van der Waals surface area contributed by atoms with Crippen LogP contribution >= 0.6 is 0 Å². The largest absolute Gasteiger partial charge is 0.242 e. The summed E-state index contributed by atoms with van der Waals surface area (Å²) in [4.78, 5) is 0. The van der Waals surface area contributed by atoms with E-state index in [-0.39, 0.29) is 5.47 Å². The Morgan fingerprint density at radius 2 is 2.00 bits per heavy atom. The first-order chi connectivity index (χ1) is 5.04. The number of rotatable bonds is 0. The van der Waals surface area contributed by atoms with E-state index in [4.69, 9.17) is 0 Å². The van der Waals surface area contributed by atoms with E-state index in [1.54, 1.807) is 0 Å². The molecule has 0 bridgehead atoms. The SMILES string of the molecule is BC1=CC(F)C(C)C(F)=C1F. The van der Waals surface area contributed by atoms with Crippen LogP contribution in [0.1, 0.15) is 6.92 Å². The molecule has 2 unspecified atom stereocenters. The Morgan fingerprint density at radius 1 is 1.45 bits per heavy atom. The van der Waals surface area contributed by atoms with E-state index in [9.17, 15) is 13.2 Å². The third kappa shape index (κ3) is 1.34. The molecule has 0 spiro atoms. The summed E-state index contributed by atoms with van der Waals surface area (Å²) in [7, 11) is 1.35. The van der Waals surface area contributed by atoms with Gasteiger partial charge in [0, 0.05) is 5.92 Å². The summed E-state index contributed by atoms with van der Waals surface area (Å²) in [5, 5.41) is 0. The van der Waals surface area contributed by atoms with Crippen LogP contribution < -0.4 is 0 Å². The number of hydrogen-bond donors (Lipinski definition) is 0. The lowest BCUT2D eigenvalue weighted by atomic mass is 9.84. The van der Waals surface area contributed by atoms with Crippen LogP contribution in [-0.4, -0.2) is 14.0 Å². The highest BCUT2D eigenvalue weighted by Gasteiger charge is 2.27. The van der Waals surface area contributed by atoms with Crippen molar-refractivity contribution in [3.63, 3.8) is 0 Å². The number of alkyl halides is 1. The Hall–Kier alpha value is -0.665. The molecule has 60 valence electrons. The minimum atomic E-state index is -1.39. The van der Waals surface area contributed by atoms with Gasteiger partial charge in [0.15, 0.2) is 0 Å². The van der Waals surface area contributed by atoms with Gasteiger partial charge in [0.25, 0.3) is 0 Å². The quantitative estimate of drug-likeness (QED) is 0.472. The van der Waals surface area contributed by atoms with Crippen molar-refractivity contribution < 1.29 is 13.2 Å². The van der Waals surface area contributed by atoms with Crippen molar-refractivity contribution in [2.24, 2.45) is 5.92 Å². The molecule has 0 aromatic heterocycles. The summed E-state index contributed by atoms with van der Waals surface area (Å²) in [5.41, 5.74) is 0.0492. The fraction of sp³-hybridized carbons (Fsp3) is 0.429. The Kier molecular flexibility index (Phi) is 2.11. The molecule has 0 fully saturated rings. The molecule has 1 rings (SSSR count). The molecule has 0 N–H and O–H groups in total. The second-order valence-electron chi connectivity index (χ2n) is 2.74. The summed E-state index contributed by atoms with van der Waals surface area (Å²) >= 11 is 0. The van der Waals surface area contributed by atoms with Gasteiger partial charge in [-0.15, -0.1) is 0 Å². The Morgan fingerprint density at radius 3 is 2.55 bits per heavy atom. The fourth-order valence-corrected chi connectivity index (χ4v) is 0.984. The zero-order valence-electron chi connectivity index (χ0n) is 6.37. The number of halogens is 3. The van der Waals surface area contributed by atoms with E-state index >= 15 is 0 Å². The zero-order chi connectivity index (χ0) is 8.59. The van der Waals surface area contributed by atoms with Gasteiger partial charge in [-0.1, -0.05) is 18.5 Å². The number of hydrogen-bond acceptors (Lipinski definition) is 0. The Labute approximate surface area is 64.2 Å². The van der Waals surface area contributed by atoms with Gasteiger partial charge in [-0.05, 0) is 0 Å². The van der Waals surface area contributed by atoms with Crippen LogP contribution in [0.4, 0.5) is 13.2 Å². The molecular weight excluding hydrogens is 152 g/mol. The van der Waals surface area contributed by atoms with Gasteiger partial charge in [0.05, 0.1) is 0 Å². The molecule has 0 nitrogen and oxygen atoms in total. The van der Waals surface area contributed by atoms with Gasteiger partial charge in [-0.3, -0.25) is 0 Å². The van der Waals surface area contributed by atoms with Gasteiger partial charge >= 0.3 is 0 Å². The topological polar surface area (TPSA) is 0 Å². The van der Waals surface area contributed by atoms with Crippen molar-refractivity contribution in [3.05, 3.63) is 23.2 Å². The van der Waals surface area contributed by atoms with E-state index in [0.717, 1.165) is 6.08 Å². The smallest absolute Gasteiger partial charge is 0.148 e. The molecule has 1 aliphatic carbocycles. The third-order valence-corrected chi connectivity index (χ3v) is 1.84. The molecular formula is C7H8BF3. The molecule has 0 radical (unpaired) electrons. The van der Waals surface area contributed by atoms with Crippen molar-refractivity contribution >= 4 is 7.85 Å². The summed E-state index contributed by atoms with van der Waals surface area (Å²) in [6, 6.07) is 0. The molecule has 0 saturated heterocycles. The monoisotopic (exact) mass is 160 g/mol. The second-order valence-corrected chi connectivity index (χ2v) is 2.74. The van der Waals surface area contributed by atoms with E-state index in [0.29, 0.717) is 0 Å². The van der Waals surface area contributed by atoms with Crippen molar-refractivity contribution in [2.75, 3.05) is 0 Å². The van der Waals surface area contributed by atoms with Gasteiger partial charge in [-0.25, -0.2) is 13.2 Å². The summed E-state index contributed by atoms with van der Waals surface area (Å²) in [6.07, 6.45) is -0.294. The predicted octanol–water partition coefficient (Wildman–Crippen LogP) is 1.64. The van der Waals surface area contributed by atoms with Crippen LogP contribution in [0.2, 0.25) is 0 Å². The molecule has 0 saturated carbocycles. The second kappa shape index (κ2) is 2.76. The van der Waals surface area contributed by atoms with Crippen LogP contribution in [0.3, 0.4) is 0 Å². The zero-order valence-corrected chi connectivity index (χ0v) is 6.37. The maximum atomic E-state index is 12.7. The predicted molar refractivity (Wildman–Crippen MR) is 39.9 cm³/mol. The molecule has 0 heterocycles. The summed E-state index contributed by atoms with van der Waals surface area (Å²) in [6.45, 7) is 1.32. The normalized spacial score (nSPS) is 32.2. The van der Waals surface area contributed by atoms with E-state index < -0.39 is 23.7 Å². The first-order valence-electron chi connectivity index (χ1n) is 3.42. The minimum absolute atomic E-state index is 0.0492. The van der Waals surface area contributed by atoms with Gasteiger partial charge in [0.1, 0.15) is 25.7 Å². The highest BCUT2D eigenvalue weighted by molar-refractivity contribution is 6.24. The molecule has 11 heavy (non-hydrogen) atoms. The minimum Gasteiger partial charge on any atom is -0.242 e. The average molecular weight is 160 g/mol. The molecule has 4 heteroatoms. The van der Waals surface area contributed by atoms with Crippen LogP contribution in [0.25, 0.3) is 0 Å². The van der Waals surface area contributed by atoms with E-state index in [1.165, 1.54) is 14.8 Å². The lowest BCUT2D eigenvalue weighted by molar-refractivity contribution is 0.279. The lowest BCUT2D eigenvalue weighted by Crippen LogP contribution is -2.17. The Bertz CT molecular complexity index is 232. The van der Waals surface area contributed by atoms with Crippen LogP contribution in [0.15, 0.2) is 23.2 Å². The van der Waals surface area contributed by atoms with Crippen LogP contribution in [-0.2, 0) is 0 Å². The third-order valence-electron chi connectivity index (χ3n) is 1.84. The lowest BCUT2D eigenvalue weighted by Gasteiger charge is -2.18. The maximum Gasteiger partial charge on any atom is 0.148 e. The van der Waals surface area contributed by atoms with E-state index in [1.807, 2.05) is 0 Å². The molecule has 1 aliphatic rings. The molecule has 0 aliphatic heterocycles. The average Bonchev–Trinajstić information content (AvgIpc) is 1.97. The summed E-state index contributed by atoms with van der Waals surface area (Å²) in [5.74, 6) is -2.86. The van der Waals surface area contributed by atoms with Gasteiger partial charge in [0.2, 0.25) is 0 Å². The van der Waals surface area contributed by atoms with Crippen molar-refractivity contribution in [3.8, 4) is 0 Å². The first kappa shape index (κ1) is 8.43. The van der Waals surface area contributed by atoms with Crippen molar-refractivity contribution in [2.45, 2.75) is 13.1 Å². The fourth-order valence-electron chi connectivity index (χ4n) is 0.984. The van der Waals surface area contributed by atoms with Crippen LogP contribution in [0, 0.1) is 5.92 Å². The summed E-state index contributed by atoms with van der Waals surface area (Å²) < 4.78 is 38.1. The Balaban J connectivity index is 3.02. The van der Waals surface area contributed by atoms with Crippen LogP contribution in [0.5, 0.6) is 0 Å². The molecule has 0 aromatic rings. The van der Waals surface area contributed by atoms with E-state index in [2.05, 4.69) is 0 Å². The highest BCUT2D eigenvalue weighted by atomic mass is 19.2. The molecule has 2 atom stereocenters. The van der Waals surface area contributed by atoms with Gasteiger partial charge < -0.3 is 0 Å². The molecule has 0 amide bonds.